The van der Waals surface area contributed by atoms with Gasteiger partial charge < -0.3 is 21.1 Å². The van der Waals surface area contributed by atoms with Gasteiger partial charge in [-0.05, 0) is 79.3 Å². The molecule has 0 aromatic heterocycles. The molecule has 0 aliphatic heterocycles. The van der Waals surface area contributed by atoms with E-state index in [1.165, 1.54) is 44.9 Å². The number of carbonyl (C=O) groups excluding carboxylic acids is 2. The number of halogens is 1. The van der Waals surface area contributed by atoms with Crippen molar-refractivity contribution in [2.75, 3.05) is 11.9 Å². The highest BCUT2D eigenvalue weighted by Crippen LogP contribution is 2.43. The predicted molar refractivity (Wildman–Crippen MR) is 152 cm³/mol. The summed E-state index contributed by atoms with van der Waals surface area (Å²) in [6, 6.07) is 14.4. The van der Waals surface area contributed by atoms with Crippen molar-refractivity contribution < 1.29 is 19.5 Å². The first-order chi connectivity index (χ1) is 18.4. The summed E-state index contributed by atoms with van der Waals surface area (Å²) in [5.74, 6) is 0.712. The number of benzene rings is 2. The molecule has 4 N–H and O–H groups in total. The third-order valence-electron chi connectivity index (χ3n) is 8.13. The number of carboxylic acids is 1. The summed E-state index contributed by atoms with van der Waals surface area (Å²) in [6.07, 6.45) is 11.2. The molecule has 0 spiro atoms. The van der Waals surface area contributed by atoms with Crippen LogP contribution in [0.3, 0.4) is 0 Å². The van der Waals surface area contributed by atoms with Gasteiger partial charge in [0.2, 0.25) is 0 Å². The summed E-state index contributed by atoms with van der Waals surface area (Å²) in [7, 11) is 0. The SMILES string of the molecule is O=C(O)CCNC(=O)c1ccc(C(NC(=O)Nc2cccc(Br)c2)C2CCC(C3CCCCC3)CC2)cc1. The average Bonchev–Trinajstić information content (AvgIpc) is 2.92. The second kappa shape index (κ2) is 13.8. The van der Waals surface area contributed by atoms with E-state index in [4.69, 9.17) is 5.11 Å². The van der Waals surface area contributed by atoms with E-state index in [2.05, 4.69) is 31.9 Å². The van der Waals surface area contributed by atoms with E-state index < -0.39 is 5.97 Å². The Morgan fingerprint density at radius 1 is 0.895 bits per heavy atom. The molecule has 1 atom stereocenters. The van der Waals surface area contributed by atoms with Crippen molar-refractivity contribution in [3.8, 4) is 0 Å². The van der Waals surface area contributed by atoms with E-state index in [9.17, 15) is 14.4 Å². The summed E-state index contributed by atoms with van der Waals surface area (Å²) in [5, 5.41) is 17.6. The molecule has 38 heavy (non-hydrogen) atoms. The number of hydrogen-bond acceptors (Lipinski definition) is 3. The minimum Gasteiger partial charge on any atom is -0.481 e. The molecule has 2 aromatic carbocycles. The van der Waals surface area contributed by atoms with E-state index in [-0.39, 0.29) is 30.9 Å². The van der Waals surface area contributed by atoms with Crippen LogP contribution >= 0.6 is 15.9 Å². The number of carboxylic acid groups (broad SMARTS) is 1. The standard InChI is InChI=1S/C30H38BrN3O4/c31-25-7-4-8-26(19-25)33-30(38)34-28(22-11-9-21(10-12-22)20-5-2-1-3-6-20)23-13-15-24(16-14-23)29(37)32-18-17-27(35)36/h4,7-8,13-16,19-22,28H,1-3,5-6,9-12,17-18H2,(H,32,37)(H,35,36)(H2,33,34,38). The Kier molecular flexibility index (Phi) is 10.2. The predicted octanol–water partition coefficient (Wildman–Crippen LogP) is 6.90. The molecule has 0 heterocycles. The molecule has 204 valence electrons. The van der Waals surface area contributed by atoms with E-state index in [1.807, 2.05) is 36.4 Å². The summed E-state index contributed by atoms with van der Waals surface area (Å²) in [4.78, 5) is 36.2. The lowest BCUT2D eigenvalue weighted by molar-refractivity contribution is -0.136. The van der Waals surface area contributed by atoms with Crippen molar-refractivity contribution in [3.63, 3.8) is 0 Å². The highest BCUT2D eigenvalue weighted by atomic mass is 79.9. The number of anilines is 1. The van der Waals surface area contributed by atoms with Gasteiger partial charge in [0.25, 0.3) is 5.91 Å². The number of rotatable bonds is 9. The first-order valence-corrected chi connectivity index (χ1v) is 14.6. The summed E-state index contributed by atoms with van der Waals surface area (Å²) in [5.41, 5.74) is 2.15. The second-order valence-corrected chi connectivity index (χ2v) is 11.6. The molecular formula is C30H38BrN3O4. The van der Waals surface area contributed by atoms with Crippen molar-refractivity contribution in [1.82, 2.24) is 10.6 Å². The molecular weight excluding hydrogens is 546 g/mol. The molecule has 3 amide bonds. The Labute approximate surface area is 233 Å². The maximum absolute atomic E-state index is 13.1. The molecule has 2 aliphatic carbocycles. The van der Waals surface area contributed by atoms with Gasteiger partial charge >= 0.3 is 12.0 Å². The monoisotopic (exact) mass is 583 g/mol. The molecule has 1 unspecified atom stereocenters. The Morgan fingerprint density at radius 2 is 1.58 bits per heavy atom. The summed E-state index contributed by atoms with van der Waals surface area (Å²) < 4.78 is 0.894. The van der Waals surface area contributed by atoms with Gasteiger partial charge in [0.15, 0.2) is 0 Å². The van der Waals surface area contributed by atoms with E-state index in [1.54, 1.807) is 12.1 Å². The van der Waals surface area contributed by atoms with Crippen molar-refractivity contribution in [2.24, 2.45) is 17.8 Å². The van der Waals surface area contributed by atoms with Crippen LogP contribution in [0.5, 0.6) is 0 Å². The third-order valence-corrected chi connectivity index (χ3v) is 8.62. The maximum atomic E-state index is 13.1. The number of urea groups is 1. The number of aliphatic carboxylic acids is 1. The van der Waals surface area contributed by atoms with Crippen LogP contribution in [0.25, 0.3) is 0 Å². The quantitative estimate of drug-likeness (QED) is 0.257. The van der Waals surface area contributed by atoms with Crippen LogP contribution < -0.4 is 16.0 Å². The number of amides is 3. The highest BCUT2D eigenvalue weighted by molar-refractivity contribution is 9.10. The maximum Gasteiger partial charge on any atom is 0.319 e. The van der Waals surface area contributed by atoms with Gasteiger partial charge in [-0.3, -0.25) is 9.59 Å². The fourth-order valence-corrected chi connectivity index (χ4v) is 6.53. The van der Waals surface area contributed by atoms with Crippen LogP contribution in [0.2, 0.25) is 0 Å². The van der Waals surface area contributed by atoms with Gasteiger partial charge in [-0.25, -0.2) is 4.79 Å². The zero-order chi connectivity index (χ0) is 26.9. The van der Waals surface area contributed by atoms with Crippen molar-refractivity contribution in [1.29, 1.82) is 0 Å². The molecule has 2 aliphatic rings. The van der Waals surface area contributed by atoms with Crippen LogP contribution in [-0.2, 0) is 4.79 Å². The lowest BCUT2D eigenvalue weighted by Crippen LogP contribution is -2.38. The summed E-state index contributed by atoms with van der Waals surface area (Å²) in [6.45, 7) is 0.0834. The number of carbonyl (C=O) groups is 3. The molecule has 2 saturated carbocycles. The fraction of sp³-hybridized carbons (Fsp3) is 0.500. The van der Waals surface area contributed by atoms with Gasteiger partial charge in [-0.2, -0.15) is 0 Å². The molecule has 2 aromatic rings. The van der Waals surface area contributed by atoms with Crippen molar-refractivity contribution in [3.05, 3.63) is 64.1 Å². The Balaban J connectivity index is 1.44. The summed E-state index contributed by atoms with van der Waals surface area (Å²) >= 11 is 3.45. The van der Waals surface area contributed by atoms with Gasteiger partial charge in [0.1, 0.15) is 0 Å². The van der Waals surface area contributed by atoms with Crippen LogP contribution in [0.15, 0.2) is 53.0 Å². The van der Waals surface area contributed by atoms with Gasteiger partial charge in [-0.15, -0.1) is 0 Å². The Hall–Kier alpha value is -2.87. The first-order valence-electron chi connectivity index (χ1n) is 13.8. The molecule has 0 saturated heterocycles. The van der Waals surface area contributed by atoms with Crippen LogP contribution in [-0.4, -0.2) is 29.6 Å². The first kappa shape index (κ1) is 28.1. The normalized spacial score (nSPS) is 20.8. The van der Waals surface area contributed by atoms with Crippen LogP contribution in [0.1, 0.15) is 86.2 Å². The second-order valence-electron chi connectivity index (χ2n) is 10.7. The molecule has 2 fully saturated rings. The van der Waals surface area contributed by atoms with Gasteiger partial charge in [0, 0.05) is 22.3 Å². The highest BCUT2D eigenvalue weighted by Gasteiger charge is 2.33. The van der Waals surface area contributed by atoms with E-state index >= 15 is 0 Å². The van der Waals surface area contributed by atoms with Crippen molar-refractivity contribution >= 4 is 39.5 Å². The molecule has 0 radical (unpaired) electrons. The largest absolute Gasteiger partial charge is 0.481 e. The van der Waals surface area contributed by atoms with Gasteiger partial charge in [0.05, 0.1) is 12.5 Å². The fourth-order valence-electron chi connectivity index (χ4n) is 6.13. The molecule has 8 heteroatoms. The Morgan fingerprint density at radius 3 is 2.24 bits per heavy atom. The smallest absolute Gasteiger partial charge is 0.319 e. The lowest BCUT2D eigenvalue weighted by atomic mass is 9.69. The number of nitrogens with one attached hydrogen (secondary N) is 3. The lowest BCUT2D eigenvalue weighted by Gasteiger charge is -2.38. The zero-order valence-corrected chi connectivity index (χ0v) is 23.3. The molecule has 4 rings (SSSR count). The minimum absolute atomic E-state index is 0.0834. The molecule has 0 bridgehead atoms. The zero-order valence-electron chi connectivity index (χ0n) is 21.8. The van der Waals surface area contributed by atoms with E-state index in [0.29, 0.717) is 17.2 Å². The average molecular weight is 585 g/mol. The van der Waals surface area contributed by atoms with Crippen LogP contribution in [0.4, 0.5) is 10.5 Å². The van der Waals surface area contributed by atoms with Gasteiger partial charge in [-0.1, -0.05) is 66.2 Å². The molecule has 7 nitrogen and oxygen atoms in total. The minimum atomic E-state index is -0.950. The van der Waals surface area contributed by atoms with E-state index in [0.717, 1.165) is 34.7 Å². The third kappa shape index (κ3) is 8.06. The Bertz CT molecular complexity index is 1090. The van der Waals surface area contributed by atoms with Crippen molar-refractivity contribution in [2.45, 2.75) is 70.3 Å². The topological polar surface area (TPSA) is 108 Å². The number of hydrogen-bond donors (Lipinski definition) is 4. The van der Waals surface area contributed by atoms with Crippen LogP contribution in [0, 0.1) is 17.8 Å².